The summed E-state index contributed by atoms with van der Waals surface area (Å²) in [6, 6.07) is 16.9. The highest BCUT2D eigenvalue weighted by atomic mass is 35.5. The molecule has 3 aromatic carbocycles. The van der Waals surface area contributed by atoms with Crippen molar-refractivity contribution in [2.24, 2.45) is 0 Å². The van der Waals surface area contributed by atoms with Crippen molar-refractivity contribution < 1.29 is 19.1 Å². The van der Waals surface area contributed by atoms with Gasteiger partial charge in [0, 0.05) is 22.9 Å². The number of benzene rings is 3. The third-order valence-corrected chi connectivity index (χ3v) is 5.94. The fourth-order valence-electron chi connectivity index (χ4n) is 3.14. The SMILES string of the molecule is O=C(CCCOc1ccc(Cl)cc1Cl)Nc1ccccc1NC(=O)CCCOc1ccc(Cl)cc1Cl. The van der Waals surface area contributed by atoms with Gasteiger partial charge in [-0.1, -0.05) is 58.5 Å². The molecule has 0 saturated carbocycles. The van der Waals surface area contributed by atoms with Crippen molar-refractivity contribution in [1.29, 1.82) is 0 Å². The molecule has 0 heterocycles. The fourth-order valence-corrected chi connectivity index (χ4v) is 4.07. The van der Waals surface area contributed by atoms with Crippen LogP contribution in [0.3, 0.4) is 0 Å². The molecule has 0 atom stereocenters. The van der Waals surface area contributed by atoms with Crippen LogP contribution >= 0.6 is 46.4 Å². The van der Waals surface area contributed by atoms with Crippen LogP contribution in [0.4, 0.5) is 11.4 Å². The van der Waals surface area contributed by atoms with E-state index in [4.69, 9.17) is 55.9 Å². The molecule has 0 aliphatic rings. The Hall–Kier alpha value is -2.64. The molecule has 0 aromatic heterocycles. The highest BCUT2D eigenvalue weighted by molar-refractivity contribution is 6.36. The number of carbonyl (C=O) groups is 2. The van der Waals surface area contributed by atoms with Gasteiger partial charge in [0.1, 0.15) is 11.5 Å². The van der Waals surface area contributed by atoms with Crippen molar-refractivity contribution in [2.75, 3.05) is 23.8 Å². The highest BCUT2D eigenvalue weighted by Gasteiger charge is 2.11. The van der Waals surface area contributed by atoms with Gasteiger partial charge in [-0.05, 0) is 61.4 Å². The van der Waals surface area contributed by atoms with Crippen molar-refractivity contribution in [3.63, 3.8) is 0 Å². The molecule has 36 heavy (non-hydrogen) atoms. The lowest BCUT2D eigenvalue weighted by Gasteiger charge is -2.13. The lowest BCUT2D eigenvalue weighted by Crippen LogP contribution is -2.17. The molecule has 2 N–H and O–H groups in total. The predicted molar refractivity (Wildman–Crippen MR) is 146 cm³/mol. The summed E-state index contributed by atoms with van der Waals surface area (Å²) in [4.78, 5) is 24.8. The summed E-state index contributed by atoms with van der Waals surface area (Å²) in [7, 11) is 0. The number of ether oxygens (including phenoxy) is 2. The Morgan fingerprint density at radius 1 is 0.639 bits per heavy atom. The van der Waals surface area contributed by atoms with Gasteiger partial charge in [0.05, 0.1) is 34.6 Å². The monoisotopic (exact) mass is 568 g/mol. The van der Waals surface area contributed by atoms with Crippen LogP contribution in [-0.2, 0) is 9.59 Å². The van der Waals surface area contributed by atoms with Crippen LogP contribution in [-0.4, -0.2) is 25.0 Å². The van der Waals surface area contributed by atoms with E-state index in [1.165, 1.54) is 0 Å². The van der Waals surface area contributed by atoms with Gasteiger partial charge in [-0.25, -0.2) is 0 Å². The summed E-state index contributed by atoms with van der Waals surface area (Å²) in [5, 5.41) is 7.53. The van der Waals surface area contributed by atoms with Crippen LogP contribution in [0.15, 0.2) is 60.7 Å². The van der Waals surface area contributed by atoms with Gasteiger partial charge < -0.3 is 20.1 Å². The number of nitrogens with one attached hydrogen (secondary N) is 2. The third kappa shape index (κ3) is 9.10. The molecular formula is C26H24Cl4N2O4. The normalized spacial score (nSPS) is 10.6. The van der Waals surface area contributed by atoms with E-state index in [1.807, 2.05) is 0 Å². The highest BCUT2D eigenvalue weighted by Crippen LogP contribution is 2.29. The molecule has 0 saturated heterocycles. The number of halogens is 4. The standard InChI is InChI=1S/C26H24Cl4N2O4/c27-17-9-11-23(19(29)15-17)35-13-3-7-25(33)31-21-5-1-2-6-22(21)32-26(34)8-4-14-36-24-12-10-18(28)16-20(24)30/h1-2,5-6,9-12,15-16H,3-4,7-8,13-14H2,(H,31,33)(H,32,34). The fraction of sp³-hybridized carbons (Fsp3) is 0.231. The van der Waals surface area contributed by atoms with Crippen LogP contribution in [0.25, 0.3) is 0 Å². The molecule has 10 heteroatoms. The maximum atomic E-state index is 12.4. The summed E-state index contributed by atoms with van der Waals surface area (Å²) in [5.41, 5.74) is 1.03. The lowest BCUT2D eigenvalue weighted by molar-refractivity contribution is -0.117. The molecule has 0 aliphatic carbocycles. The van der Waals surface area contributed by atoms with Crippen molar-refractivity contribution in [2.45, 2.75) is 25.7 Å². The molecule has 0 spiro atoms. The molecule has 0 bridgehead atoms. The van der Waals surface area contributed by atoms with Crippen LogP contribution in [0.1, 0.15) is 25.7 Å². The first-order chi connectivity index (χ1) is 17.3. The minimum Gasteiger partial charge on any atom is -0.492 e. The first-order valence-corrected chi connectivity index (χ1v) is 12.7. The van der Waals surface area contributed by atoms with Crippen LogP contribution in [0.2, 0.25) is 20.1 Å². The topological polar surface area (TPSA) is 76.7 Å². The van der Waals surface area contributed by atoms with Gasteiger partial charge in [0.15, 0.2) is 0 Å². The Morgan fingerprint density at radius 3 is 1.44 bits per heavy atom. The molecule has 0 fully saturated rings. The van der Waals surface area contributed by atoms with E-state index in [-0.39, 0.29) is 24.7 Å². The van der Waals surface area contributed by atoms with E-state index in [0.29, 0.717) is 69.0 Å². The Labute approximate surface area is 229 Å². The zero-order valence-corrected chi connectivity index (χ0v) is 22.2. The molecule has 0 aliphatic heterocycles. The largest absolute Gasteiger partial charge is 0.492 e. The van der Waals surface area contributed by atoms with Crippen LogP contribution < -0.4 is 20.1 Å². The molecule has 2 amide bonds. The maximum Gasteiger partial charge on any atom is 0.224 e. The van der Waals surface area contributed by atoms with Gasteiger partial charge in [-0.15, -0.1) is 0 Å². The van der Waals surface area contributed by atoms with Crippen molar-refractivity contribution in [3.8, 4) is 11.5 Å². The third-order valence-electron chi connectivity index (χ3n) is 4.87. The summed E-state index contributed by atoms with van der Waals surface area (Å²) in [6.07, 6.45) is 1.43. The second-order valence-electron chi connectivity index (χ2n) is 7.70. The van der Waals surface area contributed by atoms with Crippen molar-refractivity contribution >= 4 is 69.6 Å². The predicted octanol–water partition coefficient (Wildman–Crippen LogP) is 7.90. The average Bonchev–Trinajstić information content (AvgIpc) is 2.83. The Kier molecular flexibility index (Phi) is 11.0. The Bertz CT molecular complexity index is 1110. The van der Waals surface area contributed by atoms with Crippen LogP contribution in [0, 0.1) is 0 Å². The zero-order valence-electron chi connectivity index (χ0n) is 19.2. The van der Waals surface area contributed by atoms with Crippen LogP contribution in [0.5, 0.6) is 11.5 Å². The molecule has 190 valence electrons. The molecule has 6 nitrogen and oxygen atoms in total. The van der Waals surface area contributed by atoms with Gasteiger partial charge in [-0.2, -0.15) is 0 Å². The summed E-state index contributed by atoms with van der Waals surface area (Å²) in [6.45, 7) is 0.632. The molecule has 3 aromatic rings. The second-order valence-corrected chi connectivity index (χ2v) is 9.38. The van der Waals surface area contributed by atoms with Gasteiger partial charge in [-0.3, -0.25) is 9.59 Å². The Morgan fingerprint density at radius 2 is 1.06 bits per heavy atom. The number of hydrogen-bond donors (Lipinski definition) is 2. The quantitative estimate of drug-likeness (QED) is 0.217. The number of hydrogen-bond acceptors (Lipinski definition) is 4. The van der Waals surface area contributed by atoms with E-state index in [9.17, 15) is 9.59 Å². The molecule has 0 radical (unpaired) electrons. The van der Waals surface area contributed by atoms with E-state index in [2.05, 4.69) is 10.6 Å². The average molecular weight is 570 g/mol. The number of carbonyl (C=O) groups excluding carboxylic acids is 2. The number of amides is 2. The number of rotatable bonds is 12. The van der Waals surface area contributed by atoms with Crippen molar-refractivity contribution in [1.82, 2.24) is 0 Å². The lowest BCUT2D eigenvalue weighted by atomic mass is 10.2. The van der Waals surface area contributed by atoms with Gasteiger partial charge in [0.25, 0.3) is 0 Å². The molecule has 3 rings (SSSR count). The summed E-state index contributed by atoms with van der Waals surface area (Å²) >= 11 is 23.9. The zero-order chi connectivity index (χ0) is 25.9. The molecule has 0 unspecified atom stereocenters. The summed E-state index contributed by atoms with van der Waals surface area (Å²) in [5.74, 6) is 0.624. The number of anilines is 2. The minimum absolute atomic E-state index is 0.198. The van der Waals surface area contributed by atoms with E-state index >= 15 is 0 Å². The minimum atomic E-state index is -0.198. The van der Waals surface area contributed by atoms with Gasteiger partial charge in [0.2, 0.25) is 11.8 Å². The first kappa shape index (κ1) is 27.9. The summed E-state index contributed by atoms with van der Waals surface area (Å²) < 4.78 is 11.2. The number of para-hydroxylation sites is 2. The smallest absolute Gasteiger partial charge is 0.224 e. The maximum absolute atomic E-state index is 12.4. The van der Waals surface area contributed by atoms with E-state index in [0.717, 1.165) is 0 Å². The first-order valence-electron chi connectivity index (χ1n) is 11.2. The van der Waals surface area contributed by atoms with E-state index in [1.54, 1.807) is 60.7 Å². The van der Waals surface area contributed by atoms with Gasteiger partial charge >= 0.3 is 0 Å². The Balaban J connectivity index is 1.40. The molecular weight excluding hydrogens is 546 g/mol. The van der Waals surface area contributed by atoms with E-state index < -0.39 is 0 Å². The second kappa shape index (κ2) is 14.2. The van der Waals surface area contributed by atoms with Crippen molar-refractivity contribution in [3.05, 3.63) is 80.8 Å².